The van der Waals surface area contributed by atoms with Crippen molar-refractivity contribution >= 4 is 5.97 Å². The maximum absolute atomic E-state index is 11.2. The minimum absolute atomic E-state index is 0.198. The van der Waals surface area contributed by atoms with Crippen LogP contribution in [0.3, 0.4) is 0 Å². The second-order valence-corrected chi connectivity index (χ2v) is 3.62. The molecule has 98 valence electrons. The van der Waals surface area contributed by atoms with Crippen molar-refractivity contribution in [1.29, 1.82) is 0 Å². The lowest BCUT2D eigenvalue weighted by Crippen LogP contribution is -2.24. The monoisotopic (exact) mass is 249 g/mol. The highest BCUT2D eigenvalue weighted by Crippen LogP contribution is 2.17. The first-order valence-electron chi connectivity index (χ1n) is 5.95. The molecule has 1 rings (SSSR count). The fourth-order valence-corrected chi connectivity index (χ4v) is 1.45. The first-order valence-corrected chi connectivity index (χ1v) is 5.95. The van der Waals surface area contributed by atoms with Crippen LogP contribution in [0.4, 0.5) is 0 Å². The van der Waals surface area contributed by atoms with E-state index in [0.29, 0.717) is 19.8 Å². The van der Waals surface area contributed by atoms with Gasteiger partial charge in [-0.25, -0.2) is 0 Å². The molecule has 0 amide bonds. The molecule has 4 nitrogen and oxygen atoms in total. The number of hydrogen-bond donors (Lipinski definition) is 1. The summed E-state index contributed by atoms with van der Waals surface area (Å²) in [7, 11) is 0. The molecule has 0 aromatic heterocycles. The van der Waals surface area contributed by atoms with Gasteiger partial charge in [0.1, 0.15) is 12.4 Å². The third kappa shape index (κ3) is 5.01. The Balaban J connectivity index is 2.45. The Kier molecular flexibility index (Phi) is 6.58. The zero-order chi connectivity index (χ0) is 13.2. The van der Waals surface area contributed by atoms with E-state index in [0.717, 1.165) is 11.3 Å². The number of carbonyl (C=O) groups is 1. The van der Waals surface area contributed by atoms with E-state index >= 15 is 0 Å². The van der Waals surface area contributed by atoms with Crippen LogP contribution in [-0.2, 0) is 16.1 Å². The summed E-state index contributed by atoms with van der Waals surface area (Å²) in [6.07, 6.45) is 1.70. The number of para-hydroxylation sites is 1. The van der Waals surface area contributed by atoms with E-state index in [1.54, 1.807) is 13.0 Å². The van der Waals surface area contributed by atoms with Gasteiger partial charge in [-0.15, -0.1) is 0 Å². The molecule has 0 atom stereocenters. The van der Waals surface area contributed by atoms with Gasteiger partial charge in [-0.2, -0.15) is 0 Å². The number of hydrogen-bond acceptors (Lipinski definition) is 4. The molecule has 0 unspecified atom stereocenters. The highest BCUT2D eigenvalue weighted by Gasteiger charge is 2.04. The van der Waals surface area contributed by atoms with Crippen LogP contribution in [0.25, 0.3) is 0 Å². The molecule has 0 saturated heterocycles. The van der Waals surface area contributed by atoms with Gasteiger partial charge in [-0.3, -0.25) is 4.79 Å². The molecule has 0 aliphatic rings. The summed E-state index contributed by atoms with van der Waals surface area (Å²) in [5, 5.41) is 3.02. The molecular formula is C14H19NO3. The van der Waals surface area contributed by atoms with E-state index in [4.69, 9.17) is 9.47 Å². The Morgan fingerprint density at radius 1 is 1.44 bits per heavy atom. The molecule has 1 aromatic carbocycles. The van der Waals surface area contributed by atoms with E-state index in [2.05, 4.69) is 11.9 Å². The maximum Gasteiger partial charge on any atom is 0.319 e. The van der Waals surface area contributed by atoms with Gasteiger partial charge in [0.25, 0.3) is 0 Å². The fraction of sp³-hybridized carbons (Fsp3) is 0.357. The minimum atomic E-state index is -0.248. The minimum Gasteiger partial charge on any atom is -0.489 e. The first kappa shape index (κ1) is 14.3. The van der Waals surface area contributed by atoms with Crippen LogP contribution < -0.4 is 10.1 Å². The van der Waals surface area contributed by atoms with E-state index in [9.17, 15) is 4.79 Å². The molecule has 4 heteroatoms. The van der Waals surface area contributed by atoms with E-state index in [1.165, 1.54) is 0 Å². The Labute approximate surface area is 108 Å². The normalized spacial score (nSPS) is 9.83. The van der Waals surface area contributed by atoms with Crippen molar-refractivity contribution < 1.29 is 14.3 Å². The van der Waals surface area contributed by atoms with Crippen molar-refractivity contribution in [1.82, 2.24) is 5.32 Å². The van der Waals surface area contributed by atoms with Crippen molar-refractivity contribution in [3.05, 3.63) is 42.5 Å². The smallest absolute Gasteiger partial charge is 0.319 e. The topological polar surface area (TPSA) is 47.6 Å². The number of nitrogens with one attached hydrogen (secondary N) is 1. The molecule has 1 aromatic rings. The largest absolute Gasteiger partial charge is 0.489 e. The first-order chi connectivity index (χ1) is 8.77. The quantitative estimate of drug-likeness (QED) is 0.564. The summed E-state index contributed by atoms with van der Waals surface area (Å²) < 4.78 is 10.3. The molecule has 0 radical (unpaired) electrons. The van der Waals surface area contributed by atoms with E-state index in [-0.39, 0.29) is 12.5 Å². The van der Waals surface area contributed by atoms with Crippen LogP contribution in [0.1, 0.15) is 12.5 Å². The summed E-state index contributed by atoms with van der Waals surface area (Å²) >= 11 is 0. The summed E-state index contributed by atoms with van der Waals surface area (Å²) in [4.78, 5) is 11.2. The average Bonchev–Trinajstić information content (AvgIpc) is 2.38. The molecule has 0 saturated carbocycles. The Bertz CT molecular complexity index is 390. The van der Waals surface area contributed by atoms with Gasteiger partial charge in [-0.1, -0.05) is 30.9 Å². The molecule has 1 N–H and O–H groups in total. The predicted molar refractivity (Wildman–Crippen MR) is 70.5 cm³/mol. The lowest BCUT2D eigenvalue weighted by Gasteiger charge is -2.10. The molecule has 18 heavy (non-hydrogen) atoms. The SMILES string of the molecule is C=CCOc1ccccc1CNCC(=O)OCC. The molecule has 0 aliphatic heterocycles. The lowest BCUT2D eigenvalue weighted by molar-refractivity contribution is -0.142. The second-order valence-electron chi connectivity index (χ2n) is 3.62. The molecular weight excluding hydrogens is 230 g/mol. The summed E-state index contributed by atoms with van der Waals surface area (Å²) in [6.45, 7) is 7.03. The number of benzene rings is 1. The van der Waals surface area contributed by atoms with E-state index < -0.39 is 0 Å². The van der Waals surface area contributed by atoms with Gasteiger partial charge >= 0.3 is 5.97 Å². The van der Waals surface area contributed by atoms with Gasteiger partial charge in [0, 0.05) is 12.1 Å². The molecule has 0 fully saturated rings. The van der Waals surface area contributed by atoms with Crippen LogP contribution in [0.2, 0.25) is 0 Å². The van der Waals surface area contributed by atoms with Gasteiger partial charge in [0.15, 0.2) is 0 Å². The van der Waals surface area contributed by atoms with Gasteiger partial charge in [0.2, 0.25) is 0 Å². The van der Waals surface area contributed by atoms with Crippen LogP contribution in [0.5, 0.6) is 5.75 Å². The van der Waals surface area contributed by atoms with Crippen LogP contribution in [0, 0.1) is 0 Å². The summed E-state index contributed by atoms with van der Waals surface area (Å²) in [5.41, 5.74) is 1.00. The Hall–Kier alpha value is -1.81. The Morgan fingerprint density at radius 2 is 2.22 bits per heavy atom. The van der Waals surface area contributed by atoms with Gasteiger partial charge < -0.3 is 14.8 Å². The highest BCUT2D eigenvalue weighted by atomic mass is 16.5. The van der Waals surface area contributed by atoms with Crippen molar-refractivity contribution in [3.63, 3.8) is 0 Å². The lowest BCUT2D eigenvalue weighted by atomic mass is 10.2. The highest BCUT2D eigenvalue weighted by molar-refractivity contribution is 5.71. The number of rotatable bonds is 8. The van der Waals surface area contributed by atoms with Crippen molar-refractivity contribution in [2.45, 2.75) is 13.5 Å². The standard InChI is InChI=1S/C14H19NO3/c1-3-9-18-13-8-6-5-7-12(13)10-15-11-14(16)17-4-2/h3,5-8,15H,1,4,9-11H2,2H3. The molecule has 0 aliphatic carbocycles. The Morgan fingerprint density at radius 3 is 2.94 bits per heavy atom. The number of ether oxygens (including phenoxy) is 2. The summed E-state index contributed by atoms with van der Waals surface area (Å²) in [5.74, 6) is 0.552. The van der Waals surface area contributed by atoms with Crippen LogP contribution >= 0.6 is 0 Å². The van der Waals surface area contributed by atoms with Gasteiger partial charge in [-0.05, 0) is 13.0 Å². The van der Waals surface area contributed by atoms with E-state index in [1.807, 2.05) is 24.3 Å². The molecule has 0 bridgehead atoms. The average molecular weight is 249 g/mol. The summed E-state index contributed by atoms with van der Waals surface area (Å²) in [6, 6.07) is 7.69. The molecule has 0 heterocycles. The number of esters is 1. The third-order valence-electron chi connectivity index (χ3n) is 2.22. The third-order valence-corrected chi connectivity index (χ3v) is 2.22. The maximum atomic E-state index is 11.2. The predicted octanol–water partition coefficient (Wildman–Crippen LogP) is 1.90. The number of carbonyl (C=O) groups excluding carboxylic acids is 1. The zero-order valence-electron chi connectivity index (χ0n) is 10.6. The molecule has 0 spiro atoms. The van der Waals surface area contributed by atoms with Crippen molar-refractivity contribution in [2.75, 3.05) is 19.8 Å². The van der Waals surface area contributed by atoms with Crippen molar-refractivity contribution in [3.8, 4) is 5.75 Å². The van der Waals surface area contributed by atoms with Gasteiger partial charge in [0.05, 0.1) is 13.2 Å². The fourth-order valence-electron chi connectivity index (χ4n) is 1.45. The van der Waals surface area contributed by atoms with Crippen molar-refractivity contribution in [2.24, 2.45) is 0 Å². The van der Waals surface area contributed by atoms with Crippen LogP contribution in [-0.4, -0.2) is 25.7 Å². The zero-order valence-corrected chi connectivity index (χ0v) is 10.6. The van der Waals surface area contributed by atoms with Crippen LogP contribution in [0.15, 0.2) is 36.9 Å². The second kappa shape index (κ2) is 8.31.